The van der Waals surface area contributed by atoms with Gasteiger partial charge in [-0.25, -0.2) is 0 Å². The number of hydrogen-bond donors (Lipinski definition) is 1. The maximum Gasteiger partial charge on any atom is 0.200 e. The monoisotopic (exact) mass is 460 g/mol. The van der Waals surface area contributed by atoms with Gasteiger partial charge in [0.1, 0.15) is 17.1 Å². The molecule has 6 heteroatoms. The highest BCUT2D eigenvalue weighted by molar-refractivity contribution is 6.33. The Balaban J connectivity index is 1.44. The van der Waals surface area contributed by atoms with E-state index in [1.165, 1.54) is 0 Å². The van der Waals surface area contributed by atoms with Crippen molar-refractivity contribution in [3.05, 3.63) is 93.3 Å². The maximum absolute atomic E-state index is 13.4. The second kappa shape index (κ2) is 8.93. The van der Waals surface area contributed by atoms with Crippen molar-refractivity contribution in [2.75, 3.05) is 31.1 Å². The first-order valence-corrected chi connectivity index (χ1v) is 11.5. The van der Waals surface area contributed by atoms with Gasteiger partial charge in [0.2, 0.25) is 5.43 Å². The van der Waals surface area contributed by atoms with Crippen molar-refractivity contribution in [3.63, 3.8) is 0 Å². The van der Waals surface area contributed by atoms with E-state index in [-0.39, 0.29) is 11.2 Å². The number of aromatic hydroxyl groups is 1. The molecular formula is C27H25ClN2O3. The largest absolute Gasteiger partial charge is 0.507 e. The van der Waals surface area contributed by atoms with Crippen molar-refractivity contribution in [2.24, 2.45) is 0 Å². The van der Waals surface area contributed by atoms with Gasteiger partial charge in [-0.15, -0.1) is 0 Å². The quantitative estimate of drug-likeness (QED) is 0.439. The molecular weight excluding hydrogens is 436 g/mol. The van der Waals surface area contributed by atoms with Gasteiger partial charge < -0.3 is 14.4 Å². The highest BCUT2D eigenvalue weighted by Gasteiger charge is 2.23. The van der Waals surface area contributed by atoms with Gasteiger partial charge in [0.25, 0.3) is 0 Å². The average Bonchev–Trinajstić information content (AvgIpc) is 2.83. The smallest absolute Gasteiger partial charge is 0.200 e. The summed E-state index contributed by atoms with van der Waals surface area (Å²) < 4.78 is 6.17. The summed E-state index contributed by atoms with van der Waals surface area (Å²) in [4.78, 5) is 17.9. The Bertz CT molecular complexity index is 1360. The number of anilines is 1. The van der Waals surface area contributed by atoms with Crippen molar-refractivity contribution < 1.29 is 9.52 Å². The zero-order chi connectivity index (χ0) is 22.9. The second-order valence-electron chi connectivity index (χ2n) is 8.38. The topological polar surface area (TPSA) is 56.9 Å². The standard InChI is InChI=1S/C27H25ClN2O3/c1-18-25(19-7-3-2-4-8-19)26(32)20-11-12-24(31)21(27(20)33-18)17-29-13-15-30(16-14-29)23-10-6-5-9-22(23)28/h2-12,31H,13-17H2,1H3. The Labute approximate surface area is 197 Å². The number of aryl methyl sites for hydroxylation is 1. The number of rotatable bonds is 4. The van der Waals surface area contributed by atoms with Gasteiger partial charge in [-0.05, 0) is 36.8 Å². The first-order chi connectivity index (χ1) is 16.0. The van der Waals surface area contributed by atoms with Crippen molar-refractivity contribution in [3.8, 4) is 16.9 Å². The van der Waals surface area contributed by atoms with Crippen LogP contribution >= 0.6 is 11.6 Å². The zero-order valence-corrected chi connectivity index (χ0v) is 19.2. The van der Waals surface area contributed by atoms with E-state index in [4.69, 9.17) is 16.0 Å². The molecule has 0 aliphatic carbocycles. The van der Waals surface area contributed by atoms with E-state index >= 15 is 0 Å². The van der Waals surface area contributed by atoms with Crippen LogP contribution < -0.4 is 10.3 Å². The predicted octanol–water partition coefficient (Wildman–Crippen LogP) is 5.45. The Morgan fingerprint density at radius 2 is 1.64 bits per heavy atom. The van der Waals surface area contributed by atoms with Crippen LogP contribution in [0.2, 0.25) is 5.02 Å². The van der Waals surface area contributed by atoms with Crippen LogP contribution in [0.3, 0.4) is 0 Å². The number of fused-ring (bicyclic) bond motifs is 1. The van der Waals surface area contributed by atoms with Crippen LogP contribution in [-0.4, -0.2) is 36.2 Å². The lowest BCUT2D eigenvalue weighted by atomic mass is 10.0. The van der Waals surface area contributed by atoms with Gasteiger partial charge in [0, 0.05) is 32.7 Å². The summed E-state index contributed by atoms with van der Waals surface area (Å²) in [5.74, 6) is 0.695. The number of para-hydroxylation sites is 1. The van der Waals surface area contributed by atoms with Crippen LogP contribution in [0.25, 0.3) is 22.1 Å². The molecule has 168 valence electrons. The SMILES string of the molecule is Cc1oc2c(CN3CCN(c4ccccc4Cl)CC3)c(O)ccc2c(=O)c1-c1ccccc1. The molecule has 5 rings (SSSR count). The van der Waals surface area contributed by atoms with E-state index < -0.39 is 0 Å². The van der Waals surface area contributed by atoms with E-state index in [9.17, 15) is 9.90 Å². The first kappa shape index (κ1) is 21.6. The fraction of sp³-hybridized carbons (Fsp3) is 0.222. The number of phenols is 1. The molecule has 1 N–H and O–H groups in total. The summed E-state index contributed by atoms with van der Waals surface area (Å²) >= 11 is 6.37. The van der Waals surface area contributed by atoms with Crippen LogP contribution in [0.15, 0.2) is 75.9 Å². The Kier molecular flexibility index (Phi) is 5.83. The van der Waals surface area contributed by atoms with E-state index in [1.807, 2.05) is 54.6 Å². The molecule has 1 saturated heterocycles. The minimum atomic E-state index is -0.0789. The second-order valence-corrected chi connectivity index (χ2v) is 8.79. The lowest BCUT2D eigenvalue weighted by Crippen LogP contribution is -2.46. The molecule has 5 nitrogen and oxygen atoms in total. The van der Waals surface area contributed by atoms with Crippen LogP contribution in [0, 0.1) is 6.92 Å². The highest BCUT2D eigenvalue weighted by atomic mass is 35.5. The lowest BCUT2D eigenvalue weighted by Gasteiger charge is -2.36. The molecule has 1 fully saturated rings. The molecule has 0 spiro atoms. The van der Waals surface area contributed by atoms with Crippen molar-refractivity contribution >= 4 is 28.3 Å². The third-order valence-electron chi connectivity index (χ3n) is 6.32. The summed E-state index contributed by atoms with van der Waals surface area (Å²) in [6, 6.07) is 20.7. The number of nitrogens with zero attached hydrogens (tertiary/aromatic N) is 2. The molecule has 2 heterocycles. The lowest BCUT2D eigenvalue weighted by molar-refractivity contribution is 0.246. The van der Waals surface area contributed by atoms with Crippen molar-refractivity contribution in [1.29, 1.82) is 0 Å². The van der Waals surface area contributed by atoms with Gasteiger partial charge in [0.05, 0.1) is 27.2 Å². The first-order valence-electron chi connectivity index (χ1n) is 11.1. The highest BCUT2D eigenvalue weighted by Crippen LogP contribution is 2.32. The van der Waals surface area contributed by atoms with Crippen LogP contribution in [0.4, 0.5) is 5.69 Å². The Hall–Kier alpha value is -3.28. The van der Waals surface area contributed by atoms with Gasteiger partial charge >= 0.3 is 0 Å². The zero-order valence-electron chi connectivity index (χ0n) is 18.4. The molecule has 0 bridgehead atoms. The number of benzene rings is 3. The fourth-order valence-electron chi connectivity index (χ4n) is 4.58. The third kappa shape index (κ3) is 4.10. The number of hydrogen-bond acceptors (Lipinski definition) is 5. The van der Waals surface area contributed by atoms with E-state index in [1.54, 1.807) is 19.1 Å². The molecule has 1 aliphatic rings. The van der Waals surface area contributed by atoms with Crippen molar-refractivity contribution in [2.45, 2.75) is 13.5 Å². The third-order valence-corrected chi connectivity index (χ3v) is 6.64. The Morgan fingerprint density at radius 1 is 0.939 bits per heavy atom. The van der Waals surface area contributed by atoms with E-state index in [2.05, 4.69) is 9.80 Å². The molecule has 0 amide bonds. The number of phenolic OH excluding ortho intramolecular Hbond substituents is 1. The molecule has 0 radical (unpaired) electrons. The molecule has 0 saturated carbocycles. The summed E-state index contributed by atoms with van der Waals surface area (Å²) in [7, 11) is 0. The van der Waals surface area contributed by atoms with E-state index in [0.29, 0.717) is 34.4 Å². The van der Waals surface area contributed by atoms with Crippen molar-refractivity contribution in [1.82, 2.24) is 4.90 Å². The molecule has 0 unspecified atom stereocenters. The molecule has 3 aromatic carbocycles. The Morgan fingerprint density at radius 3 is 2.36 bits per heavy atom. The minimum absolute atomic E-state index is 0.0789. The predicted molar refractivity (Wildman–Crippen MR) is 133 cm³/mol. The summed E-state index contributed by atoms with van der Waals surface area (Å²) in [6.07, 6.45) is 0. The van der Waals surface area contributed by atoms with Gasteiger partial charge in [-0.3, -0.25) is 9.69 Å². The average molecular weight is 461 g/mol. The van der Waals surface area contributed by atoms with Gasteiger partial charge in [-0.2, -0.15) is 0 Å². The summed E-state index contributed by atoms with van der Waals surface area (Å²) in [6.45, 7) is 5.59. The maximum atomic E-state index is 13.4. The normalized spacial score (nSPS) is 14.7. The van der Waals surface area contributed by atoms with Crippen LogP contribution in [0.5, 0.6) is 5.75 Å². The molecule has 1 aliphatic heterocycles. The van der Waals surface area contributed by atoms with Gasteiger partial charge in [0.15, 0.2) is 0 Å². The van der Waals surface area contributed by atoms with Crippen LogP contribution in [-0.2, 0) is 6.54 Å². The molecule has 1 aromatic heterocycles. The van der Waals surface area contributed by atoms with Gasteiger partial charge in [-0.1, -0.05) is 54.1 Å². The molecule has 0 atom stereocenters. The summed E-state index contributed by atoms with van der Waals surface area (Å²) in [5, 5.41) is 11.9. The van der Waals surface area contributed by atoms with Crippen LogP contribution in [0.1, 0.15) is 11.3 Å². The minimum Gasteiger partial charge on any atom is -0.507 e. The molecule has 33 heavy (non-hydrogen) atoms. The van der Waals surface area contributed by atoms with E-state index in [0.717, 1.165) is 42.5 Å². The fourth-order valence-corrected chi connectivity index (χ4v) is 4.84. The summed E-state index contributed by atoms with van der Waals surface area (Å²) in [5.41, 5.74) is 3.47. The molecule has 4 aromatic rings. The number of halogens is 1. The number of piperazine rings is 1.